The SMILES string of the molecule is CC(C)(C)OC(=O)N1CC[C@@H](N)[C@H](O)C1.CC(C)(C)OC(=O)N1CC[C@@H](NC(=O)OCc2ccccc2)[C@H](O)C1.CS(=O)(=O)N1CC[C@@H](NC(=O)OCc2ccccc2)[C@H](O)C1.O=C(N[C@@H]1CCNC[C@H]1O)OCc1ccccc1. The van der Waals surface area contributed by atoms with Gasteiger partial charge in [0.2, 0.25) is 10.0 Å². The Hall–Kier alpha value is -6.32. The average molecular weight is 1150 g/mol. The van der Waals surface area contributed by atoms with Gasteiger partial charge in [0.25, 0.3) is 0 Å². The summed E-state index contributed by atoms with van der Waals surface area (Å²) >= 11 is 0. The van der Waals surface area contributed by atoms with Crippen LogP contribution in [0.4, 0.5) is 24.0 Å². The fourth-order valence-electron chi connectivity index (χ4n) is 8.17. The quantitative estimate of drug-likeness (QED) is 0.131. The van der Waals surface area contributed by atoms with Crippen LogP contribution < -0.4 is 27.0 Å². The molecule has 4 heterocycles. The number of likely N-dealkylation sites (tertiary alicyclic amines) is 2. The summed E-state index contributed by atoms with van der Waals surface area (Å²) < 4.78 is 49.9. The molecule has 3 aromatic rings. The second-order valence-corrected chi connectivity index (χ2v) is 23.7. The minimum Gasteiger partial charge on any atom is -0.445 e. The normalized spacial score (nSPS) is 23.2. The lowest BCUT2D eigenvalue weighted by Crippen LogP contribution is -2.56. The summed E-state index contributed by atoms with van der Waals surface area (Å²) in [5, 5.41) is 50.3. The number of β-amino-alcohol motifs (C(OH)–C–C–N with tert-alkyl or cyclic N) is 4. The Morgan fingerprint density at radius 3 is 1.26 bits per heavy atom. The maximum Gasteiger partial charge on any atom is 0.410 e. The van der Waals surface area contributed by atoms with Crippen molar-refractivity contribution in [1.29, 1.82) is 0 Å². The van der Waals surface area contributed by atoms with Crippen LogP contribution in [0.15, 0.2) is 91.0 Å². The second-order valence-electron chi connectivity index (χ2n) is 21.7. The molecule has 25 heteroatoms. The summed E-state index contributed by atoms with van der Waals surface area (Å²) in [4.78, 5) is 61.8. The third-order valence-corrected chi connectivity index (χ3v) is 13.8. The standard InChI is InChI=1S/C18H26N2O5.C14H20N2O5S.C13H18N2O3.C10H20N2O3/c1-18(2,3)25-17(23)20-10-9-14(15(21)11-20)19-16(22)24-12-13-7-5-4-6-8-13;1-22(19,20)16-8-7-12(13(17)9-16)15-14(18)21-10-11-5-3-2-4-6-11;16-12-8-14-7-6-11(12)15-13(17)18-9-10-4-2-1-3-5-10;1-10(2,3)15-9(14)12-5-4-7(11)8(13)6-12/h4-8,14-15,21H,9-12H2,1-3H3,(H,19,22);2-6,12-13,17H,7-10H2,1H3,(H,15,18);1-5,11-12,14,16H,6-9H2,(H,15,17);7-8,13H,4-6,11H2,1-3H3/t14-,15-;12-,13-;11-,12-;7-,8-/m1111/s1. The highest BCUT2D eigenvalue weighted by molar-refractivity contribution is 7.88. The summed E-state index contributed by atoms with van der Waals surface area (Å²) in [7, 11) is -3.33. The van der Waals surface area contributed by atoms with E-state index in [1.54, 1.807) is 20.8 Å². The van der Waals surface area contributed by atoms with Gasteiger partial charge in [-0.3, -0.25) is 0 Å². The lowest BCUT2D eigenvalue weighted by Gasteiger charge is -2.36. The highest BCUT2D eigenvalue weighted by atomic mass is 32.2. The van der Waals surface area contributed by atoms with Gasteiger partial charge >= 0.3 is 30.5 Å². The number of sulfonamides is 1. The first-order valence-corrected chi connectivity index (χ1v) is 28.5. The van der Waals surface area contributed by atoms with Gasteiger partial charge in [-0.05, 0) is 90.5 Å². The highest BCUT2D eigenvalue weighted by Gasteiger charge is 2.35. The summed E-state index contributed by atoms with van der Waals surface area (Å²) in [5.41, 5.74) is 7.25. The molecule has 0 bridgehead atoms. The van der Waals surface area contributed by atoms with Crippen LogP contribution in [0.3, 0.4) is 0 Å². The van der Waals surface area contributed by atoms with E-state index in [-0.39, 0.29) is 64.2 Å². The van der Waals surface area contributed by atoms with E-state index in [1.807, 2.05) is 112 Å². The van der Waals surface area contributed by atoms with E-state index in [0.717, 1.165) is 29.5 Å². The van der Waals surface area contributed by atoms with Crippen molar-refractivity contribution in [3.63, 3.8) is 0 Å². The summed E-state index contributed by atoms with van der Waals surface area (Å²) in [6.45, 7) is 14.2. The number of nitrogens with two attached hydrogens (primary N) is 1. The summed E-state index contributed by atoms with van der Waals surface area (Å²) in [6.07, 6.45) is -2.36. The molecule has 5 amide bonds. The first-order chi connectivity index (χ1) is 37.6. The third-order valence-electron chi connectivity index (χ3n) is 12.5. The monoisotopic (exact) mass is 1140 g/mol. The Morgan fingerprint density at radius 2 is 0.912 bits per heavy atom. The molecule has 0 radical (unpaired) electrons. The first kappa shape index (κ1) is 66.2. The molecule has 446 valence electrons. The molecule has 0 saturated carbocycles. The highest BCUT2D eigenvalue weighted by Crippen LogP contribution is 2.19. The number of benzene rings is 3. The van der Waals surface area contributed by atoms with E-state index in [1.165, 1.54) is 14.1 Å². The number of nitrogens with zero attached hydrogens (tertiary/aromatic N) is 3. The summed E-state index contributed by atoms with van der Waals surface area (Å²) in [5.74, 6) is 0. The van der Waals surface area contributed by atoms with E-state index in [9.17, 15) is 52.8 Å². The van der Waals surface area contributed by atoms with Gasteiger partial charge in [0.15, 0.2) is 0 Å². The van der Waals surface area contributed by atoms with Crippen molar-refractivity contribution in [2.45, 2.75) is 147 Å². The second kappa shape index (κ2) is 32.2. The number of carbonyl (C=O) groups excluding carboxylic acids is 5. The Labute approximate surface area is 469 Å². The van der Waals surface area contributed by atoms with E-state index < -0.39 is 82.1 Å². The molecule has 4 aliphatic rings. The van der Waals surface area contributed by atoms with E-state index in [4.69, 9.17) is 29.4 Å². The molecule has 7 rings (SSSR count). The molecule has 0 aromatic heterocycles. The fourth-order valence-corrected chi connectivity index (χ4v) is 9.03. The molecule has 24 nitrogen and oxygen atoms in total. The van der Waals surface area contributed by atoms with Crippen LogP contribution in [-0.4, -0.2) is 192 Å². The number of aliphatic hydroxyl groups excluding tert-OH is 4. The minimum atomic E-state index is -3.33. The van der Waals surface area contributed by atoms with Gasteiger partial charge in [0.05, 0.1) is 61.9 Å². The van der Waals surface area contributed by atoms with Crippen LogP contribution >= 0.6 is 0 Å². The molecule has 3 aromatic carbocycles. The molecule has 80 heavy (non-hydrogen) atoms. The predicted octanol–water partition coefficient (Wildman–Crippen LogP) is 3.54. The number of hydrogen-bond acceptors (Lipinski definition) is 18. The van der Waals surface area contributed by atoms with Crippen molar-refractivity contribution in [3.8, 4) is 0 Å². The molecular weight excluding hydrogens is 1060 g/mol. The van der Waals surface area contributed by atoms with Crippen molar-refractivity contribution in [1.82, 2.24) is 35.4 Å². The van der Waals surface area contributed by atoms with Gasteiger partial charge in [-0.15, -0.1) is 0 Å². The van der Waals surface area contributed by atoms with Gasteiger partial charge in [0.1, 0.15) is 31.0 Å². The Morgan fingerprint density at radius 1 is 0.550 bits per heavy atom. The number of aliphatic hydroxyl groups is 4. The van der Waals surface area contributed by atoms with E-state index in [0.29, 0.717) is 45.3 Å². The molecule has 0 unspecified atom stereocenters. The predicted molar refractivity (Wildman–Crippen MR) is 296 cm³/mol. The fraction of sp³-hybridized carbons (Fsp3) is 0.582. The Kier molecular flexibility index (Phi) is 26.6. The van der Waals surface area contributed by atoms with Gasteiger partial charge < -0.3 is 80.9 Å². The number of nitrogens with one attached hydrogen (secondary N) is 4. The van der Waals surface area contributed by atoms with Gasteiger partial charge in [-0.2, -0.15) is 4.31 Å². The zero-order chi connectivity index (χ0) is 59.0. The number of hydrogen-bond donors (Lipinski definition) is 9. The van der Waals surface area contributed by atoms with Crippen LogP contribution in [0.25, 0.3) is 0 Å². The lowest BCUT2D eigenvalue weighted by atomic mass is 10.0. The van der Waals surface area contributed by atoms with Crippen LogP contribution in [0.2, 0.25) is 0 Å². The van der Waals surface area contributed by atoms with Crippen molar-refractivity contribution < 1.29 is 76.5 Å². The summed E-state index contributed by atoms with van der Waals surface area (Å²) in [6, 6.07) is 26.7. The average Bonchev–Trinajstić information content (AvgIpc) is 3.42. The lowest BCUT2D eigenvalue weighted by molar-refractivity contribution is -0.00483. The van der Waals surface area contributed by atoms with Crippen molar-refractivity contribution in [2.75, 3.05) is 58.6 Å². The van der Waals surface area contributed by atoms with Crippen molar-refractivity contribution >= 4 is 40.5 Å². The number of rotatable bonds is 10. The molecule has 0 aliphatic carbocycles. The maximum atomic E-state index is 12.0. The smallest absolute Gasteiger partial charge is 0.410 e. The molecular formula is C55H84N8O16S. The maximum absolute atomic E-state index is 12.0. The molecule has 4 saturated heterocycles. The van der Waals surface area contributed by atoms with Gasteiger partial charge in [0, 0.05) is 38.8 Å². The van der Waals surface area contributed by atoms with E-state index in [2.05, 4.69) is 21.3 Å². The van der Waals surface area contributed by atoms with Crippen LogP contribution in [-0.2, 0) is 53.5 Å². The minimum absolute atomic E-state index is 0.0253. The number of carbonyl (C=O) groups is 5. The topological polar surface area (TPSA) is 330 Å². The van der Waals surface area contributed by atoms with Gasteiger partial charge in [-0.1, -0.05) is 91.0 Å². The molecule has 8 atom stereocenters. The van der Waals surface area contributed by atoms with Gasteiger partial charge in [-0.25, -0.2) is 32.4 Å². The molecule has 10 N–H and O–H groups in total. The van der Waals surface area contributed by atoms with Crippen LogP contribution in [0.5, 0.6) is 0 Å². The zero-order valence-electron chi connectivity index (χ0n) is 46.9. The van der Waals surface area contributed by atoms with E-state index >= 15 is 0 Å². The molecule has 0 spiro atoms. The van der Waals surface area contributed by atoms with Crippen molar-refractivity contribution in [3.05, 3.63) is 108 Å². The number of amides is 5. The number of alkyl carbamates (subject to hydrolysis) is 3. The number of ether oxygens (including phenoxy) is 5. The Balaban J connectivity index is 0.000000233. The Bertz CT molecular complexity index is 2470. The molecule has 4 fully saturated rings. The first-order valence-electron chi connectivity index (χ1n) is 26.7. The largest absolute Gasteiger partial charge is 0.445 e. The van der Waals surface area contributed by atoms with Crippen molar-refractivity contribution in [2.24, 2.45) is 5.73 Å². The third kappa shape index (κ3) is 25.4. The number of piperidine rings is 4. The molecule has 4 aliphatic heterocycles. The van der Waals surface area contributed by atoms with Crippen LogP contribution in [0.1, 0.15) is 83.9 Å². The van der Waals surface area contributed by atoms with Crippen LogP contribution in [0, 0.1) is 0 Å². The zero-order valence-corrected chi connectivity index (χ0v) is 47.7.